The number of hydrogen-bond donors (Lipinski definition) is 2. The van der Waals surface area contributed by atoms with Crippen molar-refractivity contribution in [2.24, 2.45) is 5.92 Å². The molecule has 1 saturated carbocycles. The highest BCUT2D eigenvalue weighted by Crippen LogP contribution is 2.30. The Bertz CT molecular complexity index is 744. The summed E-state index contributed by atoms with van der Waals surface area (Å²) in [5, 5.41) is 4.55. The van der Waals surface area contributed by atoms with E-state index in [1.54, 1.807) is 6.33 Å². The van der Waals surface area contributed by atoms with Crippen molar-refractivity contribution in [3.8, 4) is 0 Å². The Morgan fingerprint density at radius 3 is 2.88 bits per heavy atom. The topological polar surface area (TPSA) is 76.3 Å². The lowest BCUT2D eigenvalue weighted by Crippen LogP contribution is -2.50. The average Bonchev–Trinajstić information content (AvgIpc) is 2.67. The van der Waals surface area contributed by atoms with Crippen molar-refractivity contribution in [3.63, 3.8) is 0 Å². The molecule has 1 aromatic carbocycles. The van der Waals surface area contributed by atoms with Crippen LogP contribution < -0.4 is 11.1 Å². The van der Waals surface area contributed by atoms with Crippen LogP contribution in [-0.4, -0.2) is 53.3 Å². The SMILES string of the molecule is C[C@H]1COCCN1[C@H]1CC[C@H](CNc2ncnc3ccc(N)cc23)CC1. The van der Waals surface area contributed by atoms with Crippen LogP contribution in [0.1, 0.15) is 32.6 Å². The third-order valence-electron chi connectivity index (χ3n) is 5.92. The lowest BCUT2D eigenvalue weighted by molar-refractivity contribution is -0.0317. The van der Waals surface area contributed by atoms with Gasteiger partial charge in [-0.3, -0.25) is 4.90 Å². The zero-order chi connectivity index (χ0) is 17.9. The molecule has 26 heavy (non-hydrogen) atoms. The van der Waals surface area contributed by atoms with Crippen LogP contribution in [0.25, 0.3) is 10.9 Å². The number of anilines is 2. The monoisotopic (exact) mass is 355 g/mol. The van der Waals surface area contributed by atoms with E-state index in [0.29, 0.717) is 12.0 Å². The van der Waals surface area contributed by atoms with Crippen molar-refractivity contribution in [1.29, 1.82) is 0 Å². The van der Waals surface area contributed by atoms with Crippen LogP contribution in [0.15, 0.2) is 24.5 Å². The second-order valence-corrected chi connectivity index (χ2v) is 7.72. The summed E-state index contributed by atoms with van der Waals surface area (Å²) in [6.07, 6.45) is 6.74. The van der Waals surface area contributed by atoms with Gasteiger partial charge in [0, 0.05) is 36.2 Å². The molecule has 2 fully saturated rings. The zero-order valence-electron chi connectivity index (χ0n) is 15.5. The summed E-state index contributed by atoms with van der Waals surface area (Å²) < 4.78 is 5.58. The molecule has 0 unspecified atom stereocenters. The molecule has 0 bridgehead atoms. The van der Waals surface area contributed by atoms with Crippen molar-refractivity contribution in [2.45, 2.75) is 44.7 Å². The molecule has 1 atom stereocenters. The number of ether oxygens (including phenoxy) is 1. The van der Waals surface area contributed by atoms with Crippen LogP contribution in [-0.2, 0) is 4.74 Å². The fourth-order valence-corrected chi connectivity index (χ4v) is 4.42. The van der Waals surface area contributed by atoms with Gasteiger partial charge in [0.05, 0.1) is 18.7 Å². The van der Waals surface area contributed by atoms with E-state index in [1.807, 2.05) is 18.2 Å². The van der Waals surface area contributed by atoms with Gasteiger partial charge in [-0.05, 0) is 56.7 Å². The van der Waals surface area contributed by atoms with E-state index in [1.165, 1.54) is 25.7 Å². The van der Waals surface area contributed by atoms with Gasteiger partial charge in [0.1, 0.15) is 12.1 Å². The minimum absolute atomic E-state index is 0.557. The molecule has 1 aliphatic carbocycles. The largest absolute Gasteiger partial charge is 0.399 e. The van der Waals surface area contributed by atoms with E-state index < -0.39 is 0 Å². The first-order chi connectivity index (χ1) is 12.7. The van der Waals surface area contributed by atoms with E-state index in [2.05, 4.69) is 27.1 Å². The van der Waals surface area contributed by atoms with Gasteiger partial charge in [-0.25, -0.2) is 9.97 Å². The molecule has 6 heteroatoms. The maximum atomic E-state index is 5.93. The molecule has 2 aliphatic rings. The number of benzene rings is 1. The predicted octanol–water partition coefficient (Wildman–Crippen LogP) is 2.90. The number of hydrogen-bond acceptors (Lipinski definition) is 6. The Morgan fingerprint density at radius 2 is 2.08 bits per heavy atom. The van der Waals surface area contributed by atoms with Crippen molar-refractivity contribution < 1.29 is 4.74 Å². The first-order valence-corrected chi connectivity index (χ1v) is 9.78. The summed E-state index contributed by atoms with van der Waals surface area (Å²) in [6, 6.07) is 7.07. The standard InChI is InChI=1S/C20H29N5O/c1-14-12-26-9-8-25(14)17-5-2-15(3-6-17)11-22-20-18-10-16(21)4-7-19(18)23-13-24-20/h4,7,10,13-15,17H,2-3,5-6,8-9,11-12,21H2,1H3,(H,22,23,24)/t14-,15-,17-/m0/s1. The summed E-state index contributed by atoms with van der Waals surface area (Å²) in [7, 11) is 0. The smallest absolute Gasteiger partial charge is 0.137 e. The number of rotatable bonds is 4. The summed E-state index contributed by atoms with van der Waals surface area (Å²) in [5.41, 5.74) is 7.61. The summed E-state index contributed by atoms with van der Waals surface area (Å²) in [4.78, 5) is 11.4. The molecule has 0 spiro atoms. The van der Waals surface area contributed by atoms with E-state index in [-0.39, 0.29) is 0 Å². The number of nitrogens with two attached hydrogens (primary N) is 1. The van der Waals surface area contributed by atoms with Crippen molar-refractivity contribution in [2.75, 3.05) is 37.4 Å². The van der Waals surface area contributed by atoms with Gasteiger partial charge in [-0.1, -0.05) is 0 Å². The van der Waals surface area contributed by atoms with Crippen LogP contribution in [0, 0.1) is 5.92 Å². The molecule has 1 aromatic heterocycles. The number of nitrogen functional groups attached to an aromatic ring is 1. The molecule has 0 radical (unpaired) electrons. The molecule has 2 heterocycles. The average molecular weight is 355 g/mol. The van der Waals surface area contributed by atoms with Gasteiger partial charge in [-0.2, -0.15) is 0 Å². The zero-order valence-corrected chi connectivity index (χ0v) is 15.5. The third-order valence-corrected chi connectivity index (χ3v) is 5.92. The van der Waals surface area contributed by atoms with Crippen molar-refractivity contribution in [3.05, 3.63) is 24.5 Å². The molecular formula is C20H29N5O. The fourth-order valence-electron chi connectivity index (χ4n) is 4.42. The molecule has 2 aromatic rings. The Balaban J connectivity index is 1.33. The highest BCUT2D eigenvalue weighted by atomic mass is 16.5. The van der Waals surface area contributed by atoms with E-state index in [9.17, 15) is 0 Å². The van der Waals surface area contributed by atoms with Crippen molar-refractivity contribution >= 4 is 22.4 Å². The van der Waals surface area contributed by atoms with Gasteiger partial charge in [0.2, 0.25) is 0 Å². The Hall–Kier alpha value is -1.92. The molecule has 1 saturated heterocycles. The second-order valence-electron chi connectivity index (χ2n) is 7.72. The highest BCUT2D eigenvalue weighted by molar-refractivity contribution is 5.91. The van der Waals surface area contributed by atoms with E-state index in [4.69, 9.17) is 10.5 Å². The van der Waals surface area contributed by atoms with Crippen LogP contribution in [0.4, 0.5) is 11.5 Å². The van der Waals surface area contributed by atoms with Gasteiger partial charge in [0.25, 0.3) is 0 Å². The maximum Gasteiger partial charge on any atom is 0.137 e. The molecule has 1 aliphatic heterocycles. The maximum absolute atomic E-state index is 5.93. The number of nitrogens with one attached hydrogen (secondary N) is 1. The number of morpholine rings is 1. The van der Waals surface area contributed by atoms with Gasteiger partial charge in [-0.15, -0.1) is 0 Å². The number of aromatic nitrogens is 2. The van der Waals surface area contributed by atoms with Crippen LogP contribution >= 0.6 is 0 Å². The molecule has 140 valence electrons. The van der Waals surface area contributed by atoms with Gasteiger partial charge in [0.15, 0.2) is 0 Å². The Labute approximate surface area is 155 Å². The molecule has 6 nitrogen and oxygen atoms in total. The fraction of sp³-hybridized carbons (Fsp3) is 0.600. The normalized spacial score (nSPS) is 27.5. The molecular weight excluding hydrogens is 326 g/mol. The third kappa shape index (κ3) is 3.76. The quantitative estimate of drug-likeness (QED) is 0.821. The molecule has 4 rings (SSSR count). The first-order valence-electron chi connectivity index (χ1n) is 9.78. The lowest BCUT2D eigenvalue weighted by Gasteiger charge is -2.42. The van der Waals surface area contributed by atoms with E-state index in [0.717, 1.165) is 54.8 Å². The summed E-state index contributed by atoms with van der Waals surface area (Å²) in [5.74, 6) is 1.60. The summed E-state index contributed by atoms with van der Waals surface area (Å²) in [6.45, 7) is 6.11. The molecule has 3 N–H and O–H groups in total. The van der Waals surface area contributed by atoms with Crippen LogP contribution in [0.2, 0.25) is 0 Å². The van der Waals surface area contributed by atoms with Crippen LogP contribution in [0.5, 0.6) is 0 Å². The highest BCUT2D eigenvalue weighted by Gasteiger charge is 2.30. The van der Waals surface area contributed by atoms with E-state index >= 15 is 0 Å². The Morgan fingerprint density at radius 1 is 1.23 bits per heavy atom. The minimum atomic E-state index is 0.557. The van der Waals surface area contributed by atoms with Crippen molar-refractivity contribution in [1.82, 2.24) is 14.9 Å². The number of nitrogens with zero attached hydrogens (tertiary/aromatic N) is 3. The minimum Gasteiger partial charge on any atom is -0.399 e. The van der Waals surface area contributed by atoms with Gasteiger partial charge < -0.3 is 15.8 Å². The first kappa shape index (κ1) is 17.5. The number of fused-ring (bicyclic) bond motifs is 1. The lowest BCUT2D eigenvalue weighted by atomic mass is 9.84. The summed E-state index contributed by atoms with van der Waals surface area (Å²) >= 11 is 0. The van der Waals surface area contributed by atoms with Crippen LogP contribution in [0.3, 0.4) is 0 Å². The Kier molecular flexibility index (Phi) is 5.22. The molecule has 0 amide bonds. The second kappa shape index (κ2) is 7.76. The predicted molar refractivity (Wildman–Crippen MR) is 105 cm³/mol. The van der Waals surface area contributed by atoms with Gasteiger partial charge >= 0.3 is 0 Å².